The van der Waals surface area contributed by atoms with Gasteiger partial charge >= 0.3 is 0 Å². The van der Waals surface area contributed by atoms with Crippen LogP contribution in [0, 0.1) is 11.8 Å². The van der Waals surface area contributed by atoms with Crippen molar-refractivity contribution in [2.24, 2.45) is 11.8 Å². The number of rotatable bonds is 1. The van der Waals surface area contributed by atoms with E-state index in [0.29, 0.717) is 27.9 Å². The quantitative estimate of drug-likeness (QED) is 0.632. The summed E-state index contributed by atoms with van der Waals surface area (Å²) in [5.74, 6) is -3.16. The smallest absolute Gasteiger partial charge is 0.241 e. The molecule has 5 heteroatoms. The van der Waals surface area contributed by atoms with Crippen molar-refractivity contribution in [2.75, 3.05) is 4.90 Å². The summed E-state index contributed by atoms with van der Waals surface area (Å²) in [6.45, 7) is 0. The van der Waals surface area contributed by atoms with Crippen LogP contribution in [0.5, 0.6) is 0 Å². The van der Waals surface area contributed by atoms with Crippen LogP contribution in [0.15, 0.2) is 78.9 Å². The predicted molar refractivity (Wildman–Crippen MR) is 105 cm³/mol. The molecular formula is C24H17NO4. The Morgan fingerprint density at radius 2 is 0.931 bits per heavy atom. The lowest BCUT2D eigenvalue weighted by Gasteiger charge is -2.55. The van der Waals surface area contributed by atoms with Crippen LogP contribution >= 0.6 is 0 Å². The van der Waals surface area contributed by atoms with Gasteiger partial charge in [0.2, 0.25) is 11.8 Å². The van der Waals surface area contributed by atoms with Crippen molar-refractivity contribution in [3.63, 3.8) is 0 Å². The Kier molecular flexibility index (Phi) is 2.99. The summed E-state index contributed by atoms with van der Waals surface area (Å²) in [5.41, 5.74) is -0.984. The average molecular weight is 383 g/mol. The average Bonchev–Trinajstić information content (AvgIpc) is 3.04. The summed E-state index contributed by atoms with van der Waals surface area (Å²) in [5, 5.41) is 24.1. The molecule has 4 aliphatic rings. The maximum Gasteiger partial charge on any atom is 0.241 e. The Hall–Kier alpha value is -3.28. The molecule has 2 bridgehead atoms. The Morgan fingerprint density at radius 1 is 0.586 bits per heavy atom. The van der Waals surface area contributed by atoms with Crippen molar-refractivity contribution < 1.29 is 19.8 Å². The van der Waals surface area contributed by atoms with E-state index in [9.17, 15) is 19.8 Å². The van der Waals surface area contributed by atoms with Gasteiger partial charge in [0.05, 0.1) is 17.5 Å². The van der Waals surface area contributed by atoms with Crippen molar-refractivity contribution in [3.05, 3.63) is 101 Å². The number of hydrogen-bond acceptors (Lipinski definition) is 4. The zero-order valence-electron chi connectivity index (χ0n) is 15.3. The Labute approximate surface area is 166 Å². The number of amides is 2. The molecule has 7 rings (SSSR count). The molecule has 2 unspecified atom stereocenters. The molecule has 0 radical (unpaired) electrons. The van der Waals surface area contributed by atoms with Gasteiger partial charge in [0.15, 0.2) is 0 Å². The van der Waals surface area contributed by atoms with Gasteiger partial charge in [0, 0.05) is 0 Å². The summed E-state index contributed by atoms with van der Waals surface area (Å²) in [4.78, 5) is 28.2. The predicted octanol–water partition coefficient (Wildman–Crippen LogP) is 2.29. The summed E-state index contributed by atoms with van der Waals surface area (Å²) in [7, 11) is 0. The molecule has 2 N–H and O–H groups in total. The second-order valence-electron chi connectivity index (χ2n) is 7.93. The fourth-order valence-corrected chi connectivity index (χ4v) is 5.60. The molecule has 3 aliphatic carbocycles. The highest BCUT2D eigenvalue weighted by molar-refractivity contribution is 6.23. The number of para-hydroxylation sites is 1. The maximum atomic E-state index is 13.5. The minimum Gasteiger partial charge on any atom is -0.379 e. The number of carbonyl (C=O) groups excluding carboxylic acids is 2. The number of carbonyl (C=O) groups is 2. The third-order valence-electron chi connectivity index (χ3n) is 6.72. The van der Waals surface area contributed by atoms with Crippen molar-refractivity contribution in [1.29, 1.82) is 0 Å². The number of anilines is 1. The summed E-state index contributed by atoms with van der Waals surface area (Å²) >= 11 is 0. The molecule has 2 amide bonds. The van der Waals surface area contributed by atoms with Crippen LogP contribution in [0.2, 0.25) is 0 Å². The second kappa shape index (κ2) is 5.20. The van der Waals surface area contributed by atoms with Crippen molar-refractivity contribution >= 4 is 17.5 Å². The second-order valence-corrected chi connectivity index (χ2v) is 7.93. The third kappa shape index (κ3) is 1.70. The van der Waals surface area contributed by atoms with Crippen LogP contribution < -0.4 is 4.90 Å². The summed E-state index contributed by atoms with van der Waals surface area (Å²) in [6.07, 6.45) is 0. The first-order chi connectivity index (χ1) is 14.0. The number of imide groups is 1. The minimum absolute atomic E-state index is 0.441. The number of hydrogen-bond donors (Lipinski definition) is 2. The first kappa shape index (κ1) is 16.7. The Balaban J connectivity index is 1.69. The highest BCUT2D eigenvalue weighted by Crippen LogP contribution is 2.64. The standard InChI is InChI=1S/C24H17NO4/c26-21-19-20(22(27)25(21)14-8-2-1-3-9-14)24(29)16-11-5-4-10-15(16)23(19,28)17-12-6-7-13-18(17)24/h1-13,19-20,28-29H. The minimum atomic E-state index is -1.68. The number of aliphatic hydroxyl groups is 2. The Bertz CT molecular complexity index is 1080. The highest BCUT2D eigenvalue weighted by Gasteiger charge is 2.73. The number of nitrogens with zero attached hydrogens (tertiary/aromatic N) is 1. The third-order valence-corrected chi connectivity index (χ3v) is 6.72. The van der Waals surface area contributed by atoms with Gasteiger partial charge in [-0.2, -0.15) is 0 Å². The molecule has 1 fully saturated rings. The van der Waals surface area contributed by atoms with Gasteiger partial charge < -0.3 is 10.2 Å². The van der Waals surface area contributed by atoms with Gasteiger partial charge in [-0.25, -0.2) is 4.90 Å². The fraction of sp³-hybridized carbons (Fsp3) is 0.167. The van der Waals surface area contributed by atoms with Crippen molar-refractivity contribution in [1.82, 2.24) is 0 Å². The first-order valence-corrected chi connectivity index (χ1v) is 9.58. The van der Waals surface area contributed by atoms with Crippen LogP contribution in [-0.2, 0) is 20.8 Å². The molecule has 3 aromatic carbocycles. The maximum absolute atomic E-state index is 13.5. The molecule has 5 nitrogen and oxygen atoms in total. The SMILES string of the molecule is O=C1C2C(C(=O)N1c1ccccc1)C1(O)c3ccccc3C2(O)c2ccccc21. The zero-order chi connectivity index (χ0) is 20.0. The fourth-order valence-electron chi connectivity index (χ4n) is 5.60. The molecule has 3 aromatic rings. The largest absolute Gasteiger partial charge is 0.379 e. The van der Waals surface area contributed by atoms with E-state index in [4.69, 9.17) is 0 Å². The van der Waals surface area contributed by atoms with Crippen molar-refractivity contribution in [3.8, 4) is 0 Å². The molecule has 29 heavy (non-hydrogen) atoms. The van der Waals surface area contributed by atoms with Crippen LogP contribution in [0.3, 0.4) is 0 Å². The normalized spacial score (nSPS) is 31.4. The van der Waals surface area contributed by atoms with Crippen LogP contribution in [0.1, 0.15) is 22.3 Å². The highest BCUT2D eigenvalue weighted by atomic mass is 16.3. The van der Waals surface area contributed by atoms with Gasteiger partial charge in [-0.15, -0.1) is 0 Å². The molecule has 0 spiro atoms. The number of benzene rings is 3. The summed E-state index contributed by atoms with van der Waals surface area (Å²) in [6, 6.07) is 22.7. The van der Waals surface area contributed by atoms with E-state index in [2.05, 4.69) is 0 Å². The van der Waals surface area contributed by atoms with Crippen molar-refractivity contribution in [2.45, 2.75) is 11.2 Å². The topological polar surface area (TPSA) is 77.8 Å². The van der Waals surface area contributed by atoms with E-state index < -0.39 is 34.9 Å². The molecule has 2 atom stereocenters. The van der Waals surface area contributed by atoms with Crippen LogP contribution in [0.25, 0.3) is 0 Å². The van der Waals surface area contributed by atoms with E-state index >= 15 is 0 Å². The van der Waals surface area contributed by atoms with Gasteiger partial charge in [-0.3, -0.25) is 9.59 Å². The molecule has 1 heterocycles. The van der Waals surface area contributed by atoms with Gasteiger partial charge in [-0.1, -0.05) is 66.7 Å². The molecule has 0 aromatic heterocycles. The van der Waals surface area contributed by atoms with E-state index in [1.54, 1.807) is 78.9 Å². The first-order valence-electron chi connectivity index (χ1n) is 9.58. The zero-order valence-corrected chi connectivity index (χ0v) is 15.3. The lowest BCUT2D eigenvalue weighted by Crippen LogP contribution is -2.61. The van der Waals surface area contributed by atoms with E-state index in [0.717, 1.165) is 4.90 Å². The van der Waals surface area contributed by atoms with Gasteiger partial charge in [0.1, 0.15) is 11.2 Å². The molecular weight excluding hydrogens is 366 g/mol. The molecule has 0 saturated carbocycles. The monoisotopic (exact) mass is 383 g/mol. The van der Waals surface area contributed by atoms with E-state index in [1.807, 2.05) is 0 Å². The lowest BCUT2D eigenvalue weighted by molar-refractivity contribution is -0.153. The van der Waals surface area contributed by atoms with Crippen LogP contribution in [-0.4, -0.2) is 22.0 Å². The molecule has 1 aliphatic heterocycles. The van der Waals surface area contributed by atoms with E-state index in [-0.39, 0.29) is 0 Å². The molecule has 142 valence electrons. The summed E-state index contributed by atoms with van der Waals surface area (Å²) < 4.78 is 0. The van der Waals surface area contributed by atoms with E-state index in [1.165, 1.54) is 0 Å². The van der Waals surface area contributed by atoms with Crippen LogP contribution in [0.4, 0.5) is 5.69 Å². The van der Waals surface area contributed by atoms with Gasteiger partial charge in [0.25, 0.3) is 0 Å². The lowest BCUT2D eigenvalue weighted by atomic mass is 9.50. The van der Waals surface area contributed by atoms with Gasteiger partial charge in [-0.05, 0) is 34.4 Å². The Morgan fingerprint density at radius 3 is 1.31 bits per heavy atom. The molecule has 1 saturated heterocycles.